The van der Waals surface area contributed by atoms with Gasteiger partial charge < -0.3 is 14.6 Å². The number of carbonyl (C=O) groups is 4. The first-order valence-corrected chi connectivity index (χ1v) is 5.44. The van der Waals surface area contributed by atoms with Gasteiger partial charge in [0.2, 0.25) is 0 Å². The Hall–Kier alpha value is -1.92. The summed E-state index contributed by atoms with van der Waals surface area (Å²) in [6.45, 7) is 1.05. The first-order chi connectivity index (χ1) is 8.41. The van der Waals surface area contributed by atoms with Crippen LogP contribution in [0.2, 0.25) is 0 Å². The molecule has 0 spiro atoms. The van der Waals surface area contributed by atoms with Crippen molar-refractivity contribution in [1.82, 2.24) is 0 Å². The predicted molar refractivity (Wildman–Crippen MR) is 58.7 cm³/mol. The number of ketones is 1. The standard InChI is InChI=1S/C11H16O7/c1-8(12)7-11(16)18-6-5-17-10(15)4-2-3-9(13)14/h2-7H2,1H3,(H,13,14). The first kappa shape index (κ1) is 16.1. The van der Waals surface area contributed by atoms with Crippen LogP contribution < -0.4 is 0 Å². The number of esters is 2. The van der Waals surface area contributed by atoms with Crippen LogP contribution in [0.1, 0.15) is 32.6 Å². The van der Waals surface area contributed by atoms with Gasteiger partial charge >= 0.3 is 17.9 Å². The molecule has 18 heavy (non-hydrogen) atoms. The van der Waals surface area contributed by atoms with Gasteiger partial charge in [0.05, 0.1) is 0 Å². The molecule has 0 fully saturated rings. The SMILES string of the molecule is CC(=O)CC(=O)OCCOC(=O)CCCC(=O)O. The van der Waals surface area contributed by atoms with Crippen molar-refractivity contribution in [3.63, 3.8) is 0 Å². The molecule has 0 aromatic carbocycles. The molecule has 7 nitrogen and oxygen atoms in total. The van der Waals surface area contributed by atoms with E-state index >= 15 is 0 Å². The molecule has 0 aliphatic carbocycles. The van der Waals surface area contributed by atoms with Crippen molar-refractivity contribution in [3.8, 4) is 0 Å². The lowest BCUT2D eigenvalue weighted by atomic mass is 10.2. The molecule has 102 valence electrons. The van der Waals surface area contributed by atoms with Gasteiger partial charge in [-0.2, -0.15) is 0 Å². The Morgan fingerprint density at radius 3 is 2.00 bits per heavy atom. The highest BCUT2D eigenvalue weighted by Crippen LogP contribution is 1.98. The second kappa shape index (κ2) is 9.15. The summed E-state index contributed by atoms with van der Waals surface area (Å²) in [5.41, 5.74) is 0. The average molecular weight is 260 g/mol. The van der Waals surface area contributed by atoms with Crippen LogP contribution in [-0.4, -0.2) is 42.0 Å². The Morgan fingerprint density at radius 1 is 0.944 bits per heavy atom. The van der Waals surface area contributed by atoms with Gasteiger partial charge in [-0.1, -0.05) is 0 Å². The third kappa shape index (κ3) is 10.6. The topological polar surface area (TPSA) is 107 Å². The van der Waals surface area contributed by atoms with Gasteiger partial charge in [0.1, 0.15) is 25.4 Å². The Bertz CT molecular complexity index is 321. The third-order valence-electron chi connectivity index (χ3n) is 1.77. The minimum Gasteiger partial charge on any atom is -0.481 e. The molecule has 0 aliphatic heterocycles. The lowest BCUT2D eigenvalue weighted by Crippen LogP contribution is -2.15. The zero-order chi connectivity index (χ0) is 14.0. The van der Waals surface area contributed by atoms with Crippen LogP contribution in [-0.2, 0) is 28.7 Å². The summed E-state index contributed by atoms with van der Waals surface area (Å²) in [4.78, 5) is 42.6. The summed E-state index contributed by atoms with van der Waals surface area (Å²) in [6.07, 6.45) is -0.179. The van der Waals surface area contributed by atoms with Crippen molar-refractivity contribution < 1.29 is 33.8 Å². The van der Waals surface area contributed by atoms with Crippen molar-refractivity contribution in [2.24, 2.45) is 0 Å². The van der Waals surface area contributed by atoms with Gasteiger partial charge in [0, 0.05) is 12.8 Å². The molecule has 0 heterocycles. The summed E-state index contributed by atoms with van der Waals surface area (Å²) >= 11 is 0. The second-order valence-electron chi connectivity index (χ2n) is 3.57. The molecule has 0 aromatic rings. The molecule has 0 aliphatic rings. The summed E-state index contributed by atoms with van der Waals surface area (Å²) < 4.78 is 9.30. The average Bonchev–Trinajstić information content (AvgIpc) is 2.23. The predicted octanol–water partition coefficient (Wildman–Crippen LogP) is 0.307. The van der Waals surface area contributed by atoms with Crippen molar-refractivity contribution in [2.75, 3.05) is 13.2 Å². The van der Waals surface area contributed by atoms with E-state index in [2.05, 4.69) is 9.47 Å². The summed E-state index contributed by atoms with van der Waals surface area (Å²) in [5, 5.41) is 8.34. The fourth-order valence-electron chi connectivity index (χ4n) is 1.02. The molecule has 0 bridgehead atoms. The van der Waals surface area contributed by atoms with E-state index in [0.717, 1.165) is 0 Å². The first-order valence-electron chi connectivity index (χ1n) is 5.44. The number of hydrogen-bond acceptors (Lipinski definition) is 6. The number of hydrogen-bond donors (Lipinski definition) is 1. The minimum atomic E-state index is -0.971. The Morgan fingerprint density at radius 2 is 1.50 bits per heavy atom. The number of carboxylic acids is 1. The molecule has 1 N–H and O–H groups in total. The molecule has 0 amide bonds. The van der Waals surface area contributed by atoms with E-state index in [9.17, 15) is 19.2 Å². The van der Waals surface area contributed by atoms with Crippen molar-refractivity contribution >= 4 is 23.7 Å². The second-order valence-corrected chi connectivity index (χ2v) is 3.57. The van der Waals surface area contributed by atoms with Gasteiger partial charge in [-0.15, -0.1) is 0 Å². The van der Waals surface area contributed by atoms with Gasteiger partial charge in [0.15, 0.2) is 0 Å². The minimum absolute atomic E-state index is 0.00763. The molecule has 0 saturated heterocycles. The maximum atomic E-state index is 11.0. The molecule has 0 unspecified atom stereocenters. The third-order valence-corrected chi connectivity index (χ3v) is 1.77. The lowest BCUT2D eigenvalue weighted by Gasteiger charge is -2.05. The van der Waals surface area contributed by atoms with Gasteiger partial charge in [0.25, 0.3) is 0 Å². The highest BCUT2D eigenvalue weighted by Gasteiger charge is 2.08. The monoisotopic (exact) mass is 260 g/mol. The van der Waals surface area contributed by atoms with E-state index in [1.807, 2.05) is 0 Å². The molecule has 0 aromatic heterocycles. The number of Topliss-reactive ketones (excluding diaryl/α,β-unsaturated/α-hetero) is 1. The van der Waals surface area contributed by atoms with Crippen LogP contribution >= 0.6 is 0 Å². The summed E-state index contributed by atoms with van der Waals surface area (Å²) in [6, 6.07) is 0. The maximum absolute atomic E-state index is 11.0. The smallest absolute Gasteiger partial charge is 0.313 e. The van der Waals surface area contributed by atoms with Crippen LogP contribution in [0.5, 0.6) is 0 Å². The van der Waals surface area contributed by atoms with Crippen molar-refractivity contribution in [1.29, 1.82) is 0 Å². The fourth-order valence-corrected chi connectivity index (χ4v) is 1.02. The Kier molecular flexibility index (Phi) is 8.17. The van der Waals surface area contributed by atoms with Crippen LogP contribution in [0.15, 0.2) is 0 Å². The molecule has 0 radical (unpaired) electrons. The van der Waals surface area contributed by atoms with E-state index in [0.29, 0.717) is 0 Å². The quantitative estimate of drug-likeness (QED) is 0.361. The maximum Gasteiger partial charge on any atom is 0.313 e. The van der Waals surface area contributed by atoms with Crippen LogP contribution in [0.4, 0.5) is 0 Å². The highest BCUT2D eigenvalue weighted by atomic mass is 16.6. The number of carbonyl (C=O) groups excluding carboxylic acids is 3. The molecule has 0 atom stereocenters. The number of carboxylic acid groups (broad SMARTS) is 1. The highest BCUT2D eigenvalue weighted by molar-refractivity contribution is 5.94. The van der Waals surface area contributed by atoms with Crippen LogP contribution in [0, 0.1) is 0 Å². The van der Waals surface area contributed by atoms with Crippen molar-refractivity contribution in [2.45, 2.75) is 32.6 Å². The van der Waals surface area contributed by atoms with E-state index < -0.39 is 17.9 Å². The van der Waals surface area contributed by atoms with Gasteiger partial charge in [-0.05, 0) is 13.3 Å². The Balaban J connectivity index is 3.48. The zero-order valence-electron chi connectivity index (χ0n) is 10.1. The van der Waals surface area contributed by atoms with Crippen LogP contribution in [0.3, 0.4) is 0 Å². The normalized spacial score (nSPS) is 9.61. The lowest BCUT2D eigenvalue weighted by molar-refractivity contribution is -0.153. The van der Waals surface area contributed by atoms with E-state index in [-0.39, 0.29) is 44.7 Å². The molecule has 0 saturated carbocycles. The summed E-state index contributed by atoms with van der Waals surface area (Å²) in [7, 11) is 0. The molecule has 7 heteroatoms. The van der Waals surface area contributed by atoms with Crippen molar-refractivity contribution in [3.05, 3.63) is 0 Å². The van der Waals surface area contributed by atoms with E-state index in [1.54, 1.807) is 0 Å². The number of aliphatic carboxylic acids is 1. The Labute approximate surface area is 104 Å². The number of ether oxygens (including phenoxy) is 2. The summed E-state index contributed by atoms with van der Waals surface area (Å²) in [5.74, 6) is -2.48. The van der Waals surface area contributed by atoms with E-state index in [1.165, 1.54) is 6.92 Å². The largest absolute Gasteiger partial charge is 0.481 e. The molecular weight excluding hydrogens is 244 g/mol. The van der Waals surface area contributed by atoms with Gasteiger partial charge in [-0.25, -0.2) is 0 Å². The van der Waals surface area contributed by atoms with Crippen LogP contribution in [0.25, 0.3) is 0 Å². The molecule has 0 rings (SSSR count). The number of rotatable bonds is 9. The van der Waals surface area contributed by atoms with E-state index in [4.69, 9.17) is 5.11 Å². The molecular formula is C11H16O7. The fraction of sp³-hybridized carbons (Fsp3) is 0.636. The zero-order valence-corrected chi connectivity index (χ0v) is 10.1. The van der Waals surface area contributed by atoms with Gasteiger partial charge in [-0.3, -0.25) is 19.2 Å².